The third-order valence-electron chi connectivity index (χ3n) is 3.80. The molecule has 0 saturated carbocycles. The Labute approximate surface area is 114 Å². The first-order valence-corrected chi connectivity index (χ1v) is 7.01. The smallest absolute Gasteiger partial charge is 0.164 e. The summed E-state index contributed by atoms with van der Waals surface area (Å²) in [7, 11) is 0. The summed E-state index contributed by atoms with van der Waals surface area (Å²) in [5.74, 6) is 0.389. The normalized spacial score (nSPS) is 20.2. The number of piperidine rings is 1. The second-order valence-electron chi connectivity index (χ2n) is 5.20. The minimum Gasteiger partial charge on any atom is -0.298 e. The molecule has 0 aliphatic carbocycles. The molecule has 0 N–H and O–H groups in total. The van der Waals surface area contributed by atoms with Gasteiger partial charge in [-0.3, -0.25) is 14.5 Å². The molecule has 102 valence electrons. The fourth-order valence-electron chi connectivity index (χ4n) is 2.73. The van der Waals surface area contributed by atoms with Gasteiger partial charge in [-0.05, 0) is 26.3 Å². The van der Waals surface area contributed by atoms with Crippen molar-refractivity contribution in [3.63, 3.8) is 0 Å². The number of Topliss-reactive ketones (excluding diaryl/α,β-unsaturated/α-hetero) is 2. The number of hydrogen-bond donors (Lipinski definition) is 0. The van der Waals surface area contributed by atoms with Crippen molar-refractivity contribution in [3.05, 3.63) is 35.9 Å². The van der Waals surface area contributed by atoms with E-state index in [0.29, 0.717) is 13.0 Å². The van der Waals surface area contributed by atoms with Gasteiger partial charge in [-0.25, -0.2) is 0 Å². The average molecular weight is 259 g/mol. The highest BCUT2D eigenvalue weighted by Crippen LogP contribution is 2.18. The minimum atomic E-state index is 0.0253. The van der Waals surface area contributed by atoms with Crippen LogP contribution in [0.1, 0.15) is 43.0 Å². The van der Waals surface area contributed by atoms with Crippen LogP contribution in [0.3, 0.4) is 0 Å². The van der Waals surface area contributed by atoms with Gasteiger partial charge >= 0.3 is 0 Å². The van der Waals surface area contributed by atoms with Gasteiger partial charge in [-0.1, -0.05) is 36.8 Å². The number of nitrogens with zero attached hydrogens (tertiary/aromatic N) is 1. The van der Waals surface area contributed by atoms with E-state index in [1.807, 2.05) is 30.3 Å². The van der Waals surface area contributed by atoms with E-state index in [1.165, 1.54) is 0 Å². The van der Waals surface area contributed by atoms with Crippen LogP contribution in [0.25, 0.3) is 0 Å². The average Bonchev–Trinajstić information content (AvgIpc) is 2.46. The highest BCUT2D eigenvalue weighted by atomic mass is 16.1. The molecule has 1 aliphatic heterocycles. The highest BCUT2D eigenvalue weighted by molar-refractivity contribution is 5.96. The fraction of sp³-hybridized carbons (Fsp3) is 0.500. The van der Waals surface area contributed by atoms with Crippen molar-refractivity contribution in [2.45, 2.75) is 38.6 Å². The fourth-order valence-corrected chi connectivity index (χ4v) is 2.73. The van der Waals surface area contributed by atoms with Crippen LogP contribution in [0, 0.1) is 0 Å². The van der Waals surface area contributed by atoms with Crippen LogP contribution in [0.15, 0.2) is 30.3 Å². The van der Waals surface area contributed by atoms with Gasteiger partial charge in [-0.15, -0.1) is 0 Å². The first kappa shape index (κ1) is 13.9. The van der Waals surface area contributed by atoms with E-state index < -0.39 is 0 Å². The van der Waals surface area contributed by atoms with E-state index in [2.05, 4.69) is 4.90 Å². The predicted molar refractivity (Wildman–Crippen MR) is 75.3 cm³/mol. The molecular formula is C16H21NO2. The number of hydrogen-bond acceptors (Lipinski definition) is 3. The van der Waals surface area contributed by atoms with Gasteiger partial charge in [0.2, 0.25) is 0 Å². The molecule has 0 amide bonds. The molecule has 2 rings (SSSR count). The number of rotatable bonds is 5. The van der Waals surface area contributed by atoms with Crippen LogP contribution in [0.5, 0.6) is 0 Å². The van der Waals surface area contributed by atoms with E-state index in [1.54, 1.807) is 6.92 Å². The van der Waals surface area contributed by atoms with Gasteiger partial charge in [-0.2, -0.15) is 0 Å². The van der Waals surface area contributed by atoms with E-state index >= 15 is 0 Å². The second kappa shape index (κ2) is 6.62. The monoisotopic (exact) mass is 259 g/mol. The van der Waals surface area contributed by atoms with Crippen LogP contribution in [0.4, 0.5) is 0 Å². The quantitative estimate of drug-likeness (QED) is 0.763. The Balaban J connectivity index is 1.90. The molecule has 3 heteroatoms. The van der Waals surface area contributed by atoms with E-state index in [4.69, 9.17) is 0 Å². The molecule has 1 saturated heterocycles. The van der Waals surface area contributed by atoms with Gasteiger partial charge in [0.05, 0.1) is 6.04 Å². The summed E-state index contributed by atoms with van der Waals surface area (Å²) in [6, 6.07) is 9.39. The van der Waals surface area contributed by atoms with Crippen molar-refractivity contribution < 1.29 is 9.59 Å². The number of benzene rings is 1. The first-order valence-electron chi connectivity index (χ1n) is 7.01. The SMILES string of the molecule is CC(=O)C1CCCCN1CCC(=O)c1ccccc1. The second-order valence-corrected chi connectivity index (χ2v) is 5.20. The molecule has 19 heavy (non-hydrogen) atoms. The van der Waals surface area contributed by atoms with Crippen molar-refractivity contribution in [1.82, 2.24) is 4.90 Å². The lowest BCUT2D eigenvalue weighted by atomic mass is 9.98. The summed E-state index contributed by atoms with van der Waals surface area (Å²) in [5, 5.41) is 0. The zero-order valence-electron chi connectivity index (χ0n) is 11.5. The Morgan fingerprint density at radius 3 is 2.63 bits per heavy atom. The number of likely N-dealkylation sites (tertiary alicyclic amines) is 1. The third kappa shape index (κ3) is 3.74. The lowest BCUT2D eigenvalue weighted by Gasteiger charge is -2.33. The zero-order valence-corrected chi connectivity index (χ0v) is 11.5. The molecule has 0 radical (unpaired) electrons. The van der Waals surface area contributed by atoms with Gasteiger partial charge in [0.15, 0.2) is 5.78 Å². The highest BCUT2D eigenvalue weighted by Gasteiger charge is 2.25. The largest absolute Gasteiger partial charge is 0.298 e. The zero-order chi connectivity index (χ0) is 13.7. The molecule has 1 aromatic rings. The van der Waals surface area contributed by atoms with Crippen LogP contribution < -0.4 is 0 Å². The Kier molecular flexibility index (Phi) is 4.86. The molecule has 0 aromatic heterocycles. The van der Waals surface area contributed by atoms with Crippen LogP contribution in [0.2, 0.25) is 0 Å². The van der Waals surface area contributed by atoms with E-state index in [9.17, 15) is 9.59 Å². The van der Waals surface area contributed by atoms with Gasteiger partial charge in [0.25, 0.3) is 0 Å². The molecule has 1 heterocycles. The molecular weight excluding hydrogens is 238 g/mol. The Bertz CT molecular complexity index is 441. The molecule has 0 bridgehead atoms. The van der Waals surface area contributed by atoms with Crippen LogP contribution in [-0.4, -0.2) is 35.6 Å². The van der Waals surface area contributed by atoms with Crippen molar-refractivity contribution in [3.8, 4) is 0 Å². The molecule has 1 fully saturated rings. The maximum absolute atomic E-state index is 12.1. The van der Waals surface area contributed by atoms with E-state index in [-0.39, 0.29) is 17.6 Å². The molecule has 1 aliphatic rings. The van der Waals surface area contributed by atoms with Crippen molar-refractivity contribution >= 4 is 11.6 Å². The van der Waals surface area contributed by atoms with Crippen LogP contribution >= 0.6 is 0 Å². The molecule has 0 spiro atoms. The van der Waals surface area contributed by atoms with Crippen molar-refractivity contribution in [2.24, 2.45) is 0 Å². The van der Waals surface area contributed by atoms with Crippen molar-refractivity contribution in [2.75, 3.05) is 13.1 Å². The summed E-state index contributed by atoms with van der Waals surface area (Å²) in [6.45, 7) is 3.28. The molecule has 1 aromatic carbocycles. The number of ketones is 2. The molecule has 1 atom stereocenters. The Hall–Kier alpha value is -1.48. The maximum atomic E-state index is 12.1. The summed E-state index contributed by atoms with van der Waals surface area (Å²) in [4.78, 5) is 25.8. The topological polar surface area (TPSA) is 37.4 Å². The van der Waals surface area contributed by atoms with Gasteiger partial charge in [0.1, 0.15) is 5.78 Å². The maximum Gasteiger partial charge on any atom is 0.164 e. The third-order valence-corrected chi connectivity index (χ3v) is 3.80. The number of carbonyl (C=O) groups is 2. The summed E-state index contributed by atoms with van der Waals surface area (Å²) < 4.78 is 0. The van der Waals surface area contributed by atoms with Gasteiger partial charge < -0.3 is 0 Å². The van der Waals surface area contributed by atoms with Gasteiger partial charge in [0, 0.05) is 18.5 Å². The standard InChI is InChI=1S/C16H21NO2/c1-13(18)15-9-5-6-11-17(15)12-10-16(19)14-7-3-2-4-8-14/h2-4,7-8,15H,5-6,9-12H2,1H3. The minimum absolute atomic E-state index is 0.0253. The summed E-state index contributed by atoms with van der Waals surface area (Å²) >= 11 is 0. The lowest BCUT2D eigenvalue weighted by molar-refractivity contribution is -0.123. The summed E-state index contributed by atoms with van der Waals surface area (Å²) in [6.07, 6.45) is 3.68. The predicted octanol–water partition coefficient (Wildman–Crippen LogP) is 2.70. The van der Waals surface area contributed by atoms with Crippen LogP contribution in [-0.2, 0) is 4.79 Å². The molecule has 1 unspecified atom stereocenters. The number of carbonyl (C=O) groups excluding carboxylic acids is 2. The van der Waals surface area contributed by atoms with Crippen molar-refractivity contribution in [1.29, 1.82) is 0 Å². The Morgan fingerprint density at radius 1 is 1.21 bits per heavy atom. The molecule has 3 nitrogen and oxygen atoms in total. The lowest BCUT2D eigenvalue weighted by Crippen LogP contribution is -2.44. The Morgan fingerprint density at radius 2 is 1.95 bits per heavy atom. The first-order chi connectivity index (χ1) is 9.18. The van der Waals surface area contributed by atoms with E-state index in [0.717, 1.165) is 31.4 Å². The summed E-state index contributed by atoms with van der Waals surface area (Å²) in [5.41, 5.74) is 0.763.